The molecule has 0 saturated heterocycles. The molecule has 1 atom stereocenters. The van der Waals surface area contributed by atoms with Crippen molar-refractivity contribution in [3.63, 3.8) is 0 Å². The van der Waals surface area contributed by atoms with E-state index in [1.807, 2.05) is 31.2 Å². The van der Waals surface area contributed by atoms with Gasteiger partial charge in [-0.25, -0.2) is 0 Å². The molecular weight excluding hydrogens is 248 g/mol. The second-order valence-corrected chi connectivity index (χ2v) is 4.66. The van der Waals surface area contributed by atoms with Gasteiger partial charge < -0.3 is 4.74 Å². The molecule has 0 spiro atoms. The zero-order valence-corrected chi connectivity index (χ0v) is 11.7. The van der Waals surface area contributed by atoms with Crippen molar-refractivity contribution >= 4 is 11.6 Å². The zero-order chi connectivity index (χ0) is 13.4. The van der Waals surface area contributed by atoms with Crippen LogP contribution in [0.15, 0.2) is 24.3 Å². The Balaban J connectivity index is 2.31. The molecule has 4 heteroatoms. The second-order valence-electron chi connectivity index (χ2n) is 4.23. The molecule has 0 heterocycles. The molecule has 0 bridgehead atoms. The number of rotatable bonds is 7. The summed E-state index contributed by atoms with van der Waals surface area (Å²) in [6.45, 7) is 7.18. The van der Waals surface area contributed by atoms with E-state index in [0.29, 0.717) is 11.6 Å². The predicted molar refractivity (Wildman–Crippen MR) is 73.8 cm³/mol. The molecule has 0 fully saturated rings. The summed E-state index contributed by atoms with van der Waals surface area (Å²) >= 11 is 5.80. The van der Waals surface area contributed by atoms with Gasteiger partial charge in [0.05, 0.1) is 12.0 Å². The van der Waals surface area contributed by atoms with Crippen molar-refractivity contribution in [2.24, 2.45) is 5.92 Å². The molecule has 98 valence electrons. The second kappa shape index (κ2) is 7.97. The first-order valence-electron chi connectivity index (χ1n) is 6.16. The summed E-state index contributed by atoms with van der Waals surface area (Å²) < 4.78 is 5.63. The number of likely N-dealkylation sites (N-methyl/N-ethyl adjacent to an activating group) is 1. The van der Waals surface area contributed by atoms with Crippen molar-refractivity contribution in [2.45, 2.75) is 13.8 Å². The van der Waals surface area contributed by atoms with E-state index in [1.165, 1.54) is 0 Å². The van der Waals surface area contributed by atoms with Gasteiger partial charge in [0.25, 0.3) is 0 Å². The van der Waals surface area contributed by atoms with Crippen LogP contribution in [-0.2, 0) is 0 Å². The van der Waals surface area contributed by atoms with Crippen LogP contribution in [0.25, 0.3) is 0 Å². The van der Waals surface area contributed by atoms with Crippen LogP contribution in [0.5, 0.6) is 5.75 Å². The molecule has 1 rings (SSSR count). The van der Waals surface area contributed by atoms with Crippen molar-refractivity contribution in [3.05, 3.63) is 29.3 Å². The van der Waals surface area contributed by atoms with Gasteiger partial charge in [-0.3, -0.25) is 4.90 Å². The molecule has 3 nitrogen and oxygen atoms in total. The van der Waals surface area contributed by atoms with E-state index in [-0.39, 0.29) is 5.92 Å². The molecular formula is C14H19ClN2O. The van der Waals surface area contributed by atoms with Crippen molar-refractivity contribution < 1.29 is 4.74 Å². The smallest absolute Gasteiger partial charge is 0.119 e. The van der Waals surface area contributed by atoms with Crippen LogP contribution in [0.3, 0.4) is 0 Å². The van der Waals surface area contributed by atoms with Crippen LogP contribution in [0, 0.1) is 17.2 Å². The van der Waals surface area contributed by atoms with Crippen molar-refractivity contribution in [1.82, 2.24) is 4.90 Å². The third-order valence-corrected chi connectivity index (χ3v) is 2.94. The Kier molecular flexibility index (Phi) is 6.56. The molecule has 0 amide bonds. The van der Waals surface area contributed by atoms with E-state index in [4.69, 9.17) is 21.6 Å². The fourth-order valence-electron chi connectivity index (χ4n) is 1.63. The first-order chi connectivity index (χ1) is 8.65. The number of ether oxygens (including phenoxy) is 1. The molecule has 0 radical (unpaired) electrons. The van der Waals surface area contributed by atoms with Gasteiger partial charge in [-0.1, -0.05) is 18.5 Å². The van der Waals surface area contributed by atoms with E-state index in [2.05, 4.69) is 17.9 Å². The Morgan fingerprint density at radius 1 is 1.39 bits per heavy atom. The average Bonchev–Trinajstić information content (AvgIpc) is 2.39. The van der Waals surface area contributed by atoms with Crippen LogP contribution < -0.4 is 4.74 Å². The fraction of sp³-hybridized carbons (Fsp3) is 0.500. The summed E-state index contributed by atoms with van der Waals surface area (Å²) in [7, 11) is 0. The maximum atomic E-state index is 8.79. The number of halogens is 1. The lowest BCUT2D eigenvalue weighted by Gasteiger charge is -2.21. The molecule has 18 heavy (non-hydrogen) atoms. The van der Waals surface area contributed by atoms with Crippen LogP contribution in [0.2, 0.25) is 5.02 Å². The molecule has 1 aromatic carbocycles. The summed E-state index contributed by atoms with van der Waals surface area (Å²) in [5.41, 5.74) is 0. The molecule has 0 N–H and O–H groups in total. The third kappa shape index (κ3) is 5.39. The lowest BCUT2D eigenvalue weighted by molar-refractivity contribution is 0.206. The van der Waals surface area contributed by atoms with Crippen molar-refractivity contribution in [2.75, 3.05) is 26.2 Å². The zero-order valence-electron chi connectivity index (χ0n) is 10.9. The SMILES string of the molecule is CCN(CCOc1ccc(Cl)cc1)CC(C)C#N. The average molecular weight is 267 g/mol. The Labute approximate surface area is 114 Å². The van der Waals surface area contributed by atoms with Crippen LogP contribution in [-0.4, -0.2) is 31.1 Å². The number of hydrogen-bond acceptors (Lipinski definition) is 3. The largest absolute Gasteiger partial charge is 0.492 e. The fourth-order valence-corrected chi connectivity index (χ4v) is 1.76. The highest BCUT2D eigenvalue weighted by atomic mass is 35.5. The standard InChI is InChI=1S/C14H19ClN2O/c1-3-17(11-12(2)10-16)8-9-18-14-6-4-13(15)5-7-14/h4-7,12H,3,8-9,11H2,1-2H3. The quantitative estimate of drug-likeness (QED) is 0.760. The van der Waals surface area contributed by atoms with Gasteiger partial charge in [-0.15, -0.1) is 0 Å². The monoisotopic (exact) mass is 266 g/mol. The van der Waals surface area contributed by atoms with Gasteiger partial charge in [0.15, 0.2) is 0 Å². The summed E-state index contributed by atoms with van der Waals surface area (Å²) in [6.07, 6.45) is 0. The van der Waals surface area contributed by atoms with Crippen LogP contribution >= 0.6 is 11.6 Å². The summed E-state index contributed by atoms with van der Waals surface area (Å²) in [4.78, 5) is 2.21. The van der Waals surface area contributed by atoms with Gasteiger partial charge in [-0.2, -0.15) is 5.26 Å². The Hall–Kier alpha value is -1.24. The van der Waals surface area contributed by atoms with Gasteiger partial charge in [0.1, 0.15) is 12.4 Å². The van der Waals surface area contributed by atoms with Gasteiger partial charge in [-0.05, 0) is 37.7 Å². The van der Waals surface area contributed by atoms with Crippen molar-refractivity contribution in [3.8, 4) is 11.8 Å². The lowest BCUT2D eigenvalue weighted by atomic mass is 10.2. The van der Waals surface area contributed by atoms with Gasteiger partial charge in [0, 0.05) is 18.1 Å². The van der Waals surface area contributed by atoms with E-state index in [9.17, 15) is 0 Å². The van der Waals surface area contributed by atoms with Crippen LogP contribution in [0.1, 0.15) is 13.8 Å². The minimum Gasteiger partial charge on any atom is -0.492 e. The molecule has 0 saturated carbocycles. The Morgan fingerprint density at radius 3 is 2.61 bits per heavy atom. The molecule has 0 aliphatic rings. The molecule has 0 aromatic heterocycles. The molecule has 1 unspecified atom stereocenters. The van der Waals surface area contributed by atoms with Crippen LogP contribution in [0.4, 0.5) is 0 Å². The number of hydrogen-bond donors (Lipinski definition) is 0. The highest BCUT2D eigenvalue weighted by Crippen LogP contribution is 2.15. The summed E-state index contributed by atoms with van der Waals surface area (Å²) in [6, 6.07) is 9.59. The molecule has 0 aliphatic heterocycles. The third-order valence-electron chi connectivity index (χ3n) is 2.69. The minimum atomic E-state index is 0.0560. The number of nitriles is 1. The van der Waals surface area contributed by atoms with Crippen molar-refractivity contribution in [1.29, 1.82) is 5.26 Å². The van der Waals surface area contributed by atoms with E-state index in [1.54, 1.807) is 0 Å². The Bertz CT molecular complexity index is 386. The molecule has 1 aromatic rings. The molecule has 0 aliphatic carbocycles. The van der Waals surface area contributed by atoms with E-state index >= 15 is 0 Å². The van der Waals surface area contributed by atoms with E-state index < -0.39 is 0 Å². The number of benzene rings is 1. The van der Waals surface area contributed by atoms with Gasteiger partial charge >= 0.3 is 0 Å². The van der Waals surface area contributed by atoms with Gasteiger partial charge in [0.2, 0.25) is 0 Å². The topological polar surface area (TPSA) is 36.3 Å². The summed E-state index contributed by atoms with van der Waals surface area (Å²) in [5.74, 6) is 0.879. The highest BCUT2D eigenvalue weighted by Gasteiger charge is 2.07. The maximum Gasteiger partial charge on any atom is 0.119 e. The Morgan fingerprint density at radius 2 is 2.06 bits per heavy atom. The highest BCUT2D eigenvalue weighted by molar-refractivity contribution is 6.30. The predicted octanol–water partition coefficient (Wildman–Crippen LogP) is 3.20. The maximum absolute atomic E-state index is 8.79. The lowest BCUT2D eigenvalue weighted by Crippen LogP contribution is -2.32. The minimum absolute atomic E-state index is 0.0560. The van der Waals surface area contributed by atoms with E-state index in [0.717, 1.165) is 25.4 Å². The number of nitrogens with zero attached hydrogens (tertiary/aromatic N) is 2. The first kappa shape index (κ1) is 14.8. The first-order valence-corrected chi connectivity index (χ1v) is 6.53. The summed E-state index contributed by atoms with van der Waals surface area (Å²) in [5, 5.41) is 9.50. The normalized spacial score (nSPS) is 12.2.